The van der Waals surface area contributed by atoms with Gasteiger partial charge in [0.05, 0.1) is 0 Å². The molecule has 0 aromatic carbocycles. The topological polar surface area (TPSA) is 41.1 Å². The SMILES string of the molecule is CCNC(=O)NCCCCC(C)(C)C. The maximum atomic E-state index is 11.0. The van der Waals surface area contributed by atoms with E-state index in [-0.39, 0.29) is 6.03 Å². The molecule has 0 aliphatic heterocycles. The third-order valence-corrected chi connectivity index (χ3v) is 1.98. The molecular weight excluding hydrogens is 176 g/mol. The van der Waals surface area contributed by atoms with Crippen LogP contribution in [0.3, 0.4) is 0 Å². The van der Waals surface area contributed by atoms with Crippen LogP contribution in [-0.2, 0) is 0 Å². The predicted molar refractivity (Wildman–Crippen MR) is 60.4 cm³/mol. The van der Waals surface area contributed by atoms with Gasteiger partial charge in [0.15, 0.2) is 0 Å². The van der Waals surface area contributed by atoms with Gasteiger partial charge >= 0.3 is 6.03 Å². The summed E-state index contributed by atoms with van der Waals surface area (Å²) in [5, 5.41) is 5.52. The molecule has 0 atom stereocenters. The van der Waals surface area contributed by atoms with Gasteiger partial charge in [-0.05, 0) is 25.2 Å². The van der Waals surface area contributed by atoms with Gasteiger partial charge < -0.3 is 10.6 Å². The number of rotatable bonds is 5. The van der Waals surface area contributed by atoms with Crippen LogP contribution < -0.4 is 10.6 Å². The lowest BCUT2D eigenvalue weighted by atomic mass is 9.90. The molecule has 0 aliphatic rings. The van der Waals surface area contributed by atoms with Gasteiger partial charge in [-0.1, -0.05) is 27.2 Å². The number of hydrogen-bond donors (Lipinski definition) is 2. The predicted octanol–water partition coefficient (Wildman–Crippen LogP) is 2.52. The molecule has 2 amide bonds. The molecule has 0 aromatic rings. The van der Waals surface area contributed by atoms with Gasteiger partial charge in [0.2, 0.25) is 0 Å². The van der Waals surface area contributed by atoms with E-state index in [1.165, 1.54) is 12.8 Å². The van der Waals surface area contributed by atoms with Crippen LogP contribution in [0.5, 0.6) is 0 Å². The average molecular weight is 200 g/mol. The molecule has 84 valence electrons. The summed E-state index contributed by atoms with van der Waals surface area (Å²) in [6.45, 7) is 10.1. The van der Waals surface area contributed by atoms with Crippen molar-refractivity contribution < 1.29 is 4.79 Å². The number of unbranched alkanes of at least 4 members (excludes halogenated alkanes) is 1. The second-order valence-corrected chi connectivity index (χ2v) is 4.80. The van der Waals surface area contributed by atoms with Crippen molar-refractivity contribution in [1.29, 1.82) is 0 Å². The average Bonchev–Trinajstić information content (AvgIpc) is 2.02. The molecule has 3 heteroatoms. The zero-order valence-corrected chi connectivity index (χ0v) is 9.94. The van der Waals surface area contributed by atoms with Gasteiger partial charge in [-0.15, -0.1) is 0 Å². The van der Waals surface area contributed by atoms with Gasteiger partial charge in [-0.2, -0.15) is 0 Å². The van der Waals surface area contributed by atoms with Crippen molar-refractivity contribution >= 4 is 6.03 Å². The summed E-state index contributed by atoms with van der Waals surface area (Å²) in [6.07, 6.45) is 3.45. The molecule has 2 N–H and O–H groups in total. The molecule has 14 heavy (non-hydrogen) atoms. The number of carbonyl (C=O) groups is 1. The highest BCUT2D eigenvalue weighted by Crippen LogP contribution is 2.20. The second kappa shape index (κ2) is 6.68. The zero-order chi connectivity index (χ0) is 11.0. The second-order valence-electron chi connectivity index (χ2n) is 4.80. The van der Waals surface area contributed by atoms with Crippen LogP contribution in [0.4, 0.5) is 4.79 Å². The van der Waals surface area contributed by atoms with Crippen molar-refractivity contribution in [2.75, 3.05) is 13.1 Å². The molecule has 0 unspecified atom stereocenters. The van der Waals surface area contributed by atoms with E-state index in [1.807, 2.05) is 6.92 Å². The zero-order valence-electron chi connectivity index (χ0n) is 9.94. The van der Waals surface area contributed by atoms with Crippen LogP contribution in [0.2, 0.25) is 0 Å². The third-order valence-electron chi connectivity index (χ3n) is 1.98. The van der Waals surface area contributed by atoms with Crippen LogP contribution >= 0.6 is 0 Å². The van der Waals surface area contributed by atoms with Crippen LogP contribution in [0.1, 0.15) is 47.0 Å². The third kappa shape index (κ3) is 9.36. The first kappa shape index (κ1) is 13.3. The first-order valence-corrected chi connectivity index (χ1v) is 5.47. The van der Waals surface area contributed by atoms with E-state index in [9.17, 15) is 4.79 Å². The monoisotopic (exact) mass is 200 g/mol. The summed E-state index contributed by atoms with van der Waals surface area (Å²) in [6, 6.07) is -0.0525. The van der Waals surface area contributed by atoms with Crippen LogP contribution in [-0.4, -0.2) is 19.1 Å². The Kier molecular flexibility index (Phi) is 6.34. The van der Waals surface area contributed by atoms with E-state index in [1.54, 1.807) is 0 Å². The molecule has 0 aromatic heterocycles. The Morgan fingerprint density at radius 2 is 1.79 bits per heavy atom. The first-order valence-electron chi connectivity index (χ1n) is 5.47. The molecule has 0 spiro atoms. The molecule has 0 heterocycles. The summed E-state index contributed by atoms with van der Waals surface area (Å²) in [5.41, 5.74) is 0.408. The number of urea groups is 1. The number of amides is 2. The summed E-state index contributed by atoms with van der Waals surface area (Å²) in [7, 11) is 0. The fourth-order valence-electron chi connectivity index (χ4n) is 1.21. The van der Waals surface area contributed by atoms with E-state index in [4.69, 9.17) is 0 Å². The maximum absolute atomic E-state index is 11.0. The van der Waals surface area contributed by atoms with Gasteiger partial charge in [0, 0.05) is 13.1 Å². The summed E-state index contributed by atoms with van der Waals surface area (Å²) in [5.74, 6) is 0. The van der Waals surface area contributed by atoms with Gasteiger partial charge in [-0.25, -0.2) is 4.79 Å². The molecular formula is C11H24N2O. The molecule has 0 rings (SSSR count). The van der Waals surface area contributed by atoms with Crippen molar-refractivity contribution in [3.05, 3.63) is 0 Å². The Balaban J connectivity index is 3.26. The minimum atomic E-state index is -0.0525. The Morgan fingerprint density at radius 1 is 1.14 bits per heavy atom. The van der Waals surface area contributed by atoms with Crippen molar-refractivity contribution in [1.82, 2.24) is 10.6 Å². The summed E-state index contributed by atoms with van der Waals surface area (Å²) < 4.78 is 0. The lowest BCUT2D eigenvalue weighted by Crippen LogP contribution is -2.35. The van der Waals surface area contributed by atoms with Crippen molar-refractivity contribution in [3.8, 4) is 0 Å². The highest BCUT2D eigenvalue weighted by Gasteiger charge is 2.08. The standard InChI is InChI=1S/C11H24N2O/c1-5-12-10(14)13-9-7-6-8-11(2,3)4/h5-9H2,1-4H3,(H2,12,13,14). The molecule has 0 radical (unpaired) electrons. The molecule has 0 aliphatic carbocycles. The molecule has 0 fully saturated rings. The summed E-state index contributed by atoms with van der Waals surface area (Å²) >= 11 is 0. The highest BCUT2D eigenvalue weighted by atomic mass is 16.2. The Hall–Kier alpha value is -0.730. The number of carbonyl (C=O) groups excluding carboxylic acids is 1. The lowest BCUT2D eigenvalue weighted by molar-refractivity contribution is 0.241. The van der Waals surface area contributed by atoms with Gasteiger partial charge in [0.1, 0.15) is 0 Å². The Labute approximate surface area is 87.6 Å². The quantitative estimate of drug-likeness (QED) is 0.658. The number of nitrogens with one attached hydrogen (secondary N) is 2. The number of hydrogen-bond acceptors (Lipinski definition) is 1. The molecule has 3 nitrogen and oxygen atoms in total. The van der Waals surface area contributed by atoms with Crippen LogP contribution in [0.25, 0.3) is 0 Å². The molecule has 0 bridgehead atoms. The summed E-state index contributed by atoms with van der Waals surface area (Å²) in [4.78, 5) is 11.0. The van der Waals surface area contributed by atoms with Crippen molar-refractivity contribution in [2.45, 2.75) is 47.0 Å². The molecule has 0 saturated heterocycles. The Bertz CT molecular complexity index is 161. The smallest absolute Gasteiger partial charge is 0.314 e. The van der Waals surface area contributed by atoms with Crippen molar-refractivity contribution in [2.24, 2.45) is 5.41 Å². The van der Waals surface area contributed by atoms with Crippen LogP contribution in [0, 0.1) is 5.41 Å². The van der Waals surface area contributed by atoms with E-state index in [2.05, 4.69) is 31.4 Å². The highest BCUT2D eigenvalue weighted by molar-refractivity contribution is 5.73. The largest absolute Gasteiger partial charge is 0.338 e. The van der Waals surface area contributed by atoms with Crippen molar-refractivity contribution in [3.63, 3.8) is 0 Å². The van der Waals surface area contributed by atoms with E-state index < -0.39 is 0 Å². The lowest BCUT2D eigenvalue weighted by Gasteiger charge is -2.17. The fourth-order valence-corrected chi connectivity index (χ4v) is 1.21. The van der Waals surface area contributed by atoms with Crippen LogP contribution in [0.15, 0.2) is 0 Å². The molecule has 0 saturated carbocycles. The van der Waals surface area contributed by atoms with E-state index in [0.29, 0.717) is 12.0 Å². The van der Waals surface area contributed by atoms with Gasteiger partial charge in [0.25, 0.3) is 0 Å². The maximum Gasteiger partial charge on any atom is 0.314 e. The minimum Gasteiger partial charge on any atom is -0.338 e. The van der Waals surface area contributed by atoms with E-state index >= 15 is 0 Å². The minimum absolute atomic E-state index is 0.0525. The van der Waals surface area contributed by atoms with Gasteiger partial charge in [-0.3, -0.25) is 0 Å². The first-order chi connectivity index (χ1) is 6.45. The normalized spacial score (nSPS) is 11.1. The Morgan fingerprint density at radius 3 is 2.29 bits per heavy atom. The fraction of sp³-hybridized carbons (Fsp3) is 0.909. The van der Waals surface area contributed by atoms with E-state index in [0.717, 1.165) is 13.0 Å².